The molecule has 1 aliphatic rings. The molecule has 3 heteroatoms. The third-order valence-corrected chi connectivity index (χ3v) is 4.22. The van der Waals surface area contributed by atoms with E-state index in [9.17, 15) is 0 Å². The number of rotatable bonds is 1. The van der Waals surface area contributed by atoms with E-state index in [0.29, 0.717) is 12.3 Å². The maximum atomic E-state index is 8.89. The van der Waals surface area contributed by atoms with Crippen molar-refractivity contribution in [3.63, 3.8) is 0 Å². The van der Waals surface area contributed by atoms with E-state index in [0.717, 1.165) is 12.2 Å². The fourth-order valence-electron chi connectivity index (χ4n) is 2.42. The fraction of sp³-hybridized carbons (Fsp3) is 0.308. The van der Waals surface area contributed by atoms with Crippen molar-refractivity contribution in [3.8, 4) is 6.07 Å². The summed E-state index contributed by atoms with van der Waals surface area (Å²) >= 11 is 1.88. The van der Waals surface area contributed by atoms with Gasteiger partial charge in [-0.2, -0.15) is 5.26 Å². The van der Waals surface area contributed by atoms with Crippen LogP contribution in [0.4, 0.5) is 0 Å². The average Bonchev–Trinajstić information content (AvgIpc) is 2.68. The lowest BCUT2D eigenvalue weighted by Crippen LogP contribution is -2.05. The van der Waals surface area contributed by atoms with Gasteiger partial charge in [-0.15, -0.1) is 11.8 Å². The van der Waals surface area contributed by atoms with Crippen LogP contribution in [-0.2, 0) is 0 Å². The molecule has 0 fully saturated rings. The number of hydrogen-bond donors (Lipinski definition) is 1. The van der Waals surface area contributed by atoms with Crippen LogP contribution in [0.1, 0.15) is 24.3 Å². The standard InChI is InChI=1S/C13H12N2S/c14-7-5-9-6-8-16-13-12(9)10-3-1-2-4-11(10)15-13/h1-4,9,15H,5-6,8H2. The lowest BCUT2D eigenvalue weighted by molar-refractivity contribution is 0.666. The maximum Gasteiger partial charge on any atom is 0.0768 e. The number of fused-ring (bicyclic) bond motifs is 3. The van der Waals surface area contributed by atoms with E-state index in [1.807, 2.05) is 17.8 Å². The van der Waals surface area contributed by atoms with E-state index < -0.39 is 0 Å². The number of nitrogens with one attached hydrogen (secondary N) is 1. The molecule has 0 bridgehead atoms. The maximum absolute atomic E-state index is 8.89. The second-order valence-electron chi connectivity index (χ2n) is 4.11. The number of hydrogen-bond acceptors (Lipinski definition) is 2. The Hall–Kier alpha value is -1.40. The van der Waals surface area contributed by atoms with Gasteiger partial charge >= 0.3 is 0 Å². The van der Waals surface area contributed by atoms with Gasteiger partial charge in [-0.05, 0) is 18.1 Å². The van der Waals surface area contributed by atoms with Crippen LogP contribution in [0.15, 0.2) is 29.3 Å². The van der Waals surface area contributed by atoms with Crippen LogP contribution in [0.3, 0.4) is 0 Å². The number of nitrogens with zero attached hydrogens (tertiary/aromatic N) is 1. The first-order valence-electron chi connectivity index (χ1n) is 5.50. The zero-order chi connectivity index (χ0) is 11.0. The van der Waals surface area contributed by atoms with E-state index in [4.69, 9.17) is 5.26 Å². The summed E-state index contributed by atoms with van der Waals surface area (Å²) in [5.41, 5.74) is 2.57. The fourth-order valence-corrected chi connectivity index (χ4v) is 3.64. The van der Waals surface area contributed by atoms with Crippen LogP contribution in [-0.4, -0.2) is 10.7 Å². The minimum absolute atomic E-state index is 0.414. The molecule has 16 heavy (non-hydrogen) atoms. The highest BCUT2D eigenvalue weighted by Gasteiger charge is 2.24. The minimum Gasteiger partial charge on any atom is -0.349 e. The molecule has 1 aliphatic heterocycles. The topological polar surface area (TPSA) is 39.6 Å². The van der Waals surface area contributed by atoms with Crippen molar-refractivity contribution >= 4 is 22.7 Å². The highest BCUT2D eigenvalue weighted by Crippen LogP contribution is 2.42. The molecule has 1 atom stereocenters. The summed E-state index contributed by atoms with van der Waals surface area (Å²) in [6, 6.07) is 10.7. The van der Waals surface area contributed by atoms with Crippen molar-refractivity contribution in [2.24, 2.45) is 0 Å². The summed E-state index contributed by atoms with van der Waals surface area (Å²) in [7, 11) is 0. The molecule has 2 aromatic rings. The van der Waals surface area contributed by atoms with Gasteiger partial charge in [0.25, 0.3) is 0 Å². The largest absolute Gasteiger partial charge is 0.349 e. The number of thioether (sulfide) groups is 1. The Morgan fingerprint density at radius 1 is 1.44 bits per heavy atom. The normalized spacial score (nSPS) is 19.3. The van der Waals surface area contributed by atoms with Crippen molar-refractivity contribution in [2.75, 3.05) is 5.75 Å². The molecule has 0 radical (unpaired) electrons. The first kappa shape index (κ1) is 9.80. The smallest absolute Gasteiger partial charge is 0.0768 e. The Bertz CT molecular complexity index is 565. The summed E-state index contributed by atoms with van der Waals surface area (Å²) in [4.78, 5) is 3.46. The molecule has 1 unspecified atom stereocenters. The predicted octanol–water partition coefficient (Wildman–Crippen LogP) is 3.66. The first-order valence-corrected chi connectivity index (χ1v) is 6.49. The van der Waals surface area contributed by atoms with Gasteiger partial charge in [0.15, 0.2) is 0 Å². The predicted molar refractivity (Wildman–Crippen MR) is 66.6 cm³/mol. The monoisotopic (exact) mass is 228 g/mol. The molecule has 80 valence electrons. The lowest BCUT2D eigenvalue weighted by Gasteiger charge is -2.19. The summed E-state index contributed by atoms with van der Waals surface area (Å²) in [5, 5.41) is 11.5. The van der Waals surface area contributed by atoms with Crippen molar-refractivity contribution in [1.82, 2.24) is 4.98 Å². The Labute approximate surface area is 98.7 Å². The van der Waals surface area contributed by atoms with Crippen LogP contribution < -0.4 is 0 Å². The SMILES string of the molecule is N#CCC1CCSc2[nH]c3ccccc3c21. The third-order valence-electron chi connectivity index (χ3n) is 3.17. The van der Waals surface area contributed by atoms with Gasteiger partial charge in [-0.25, -0.2) is 0 Å². The molecule has 0 amide bonds. The zero-order valence-corrected chi connectivity index (χ0v) is 9.68. The van der Waals surface area contributed by atoms with Crippen LogP contribution in [0.25, 0.3) is 10.9 Å². The molecular formula is C13H12N2S. The second-order valence-corrected chi connectivity index (χ2v) is 5.21. The number of H-pyrrole nitrogens is 1. The Balaban J connectivity index is 2.21. The van der Waals surface area contributed by atoms with Crippen molar-refractivity contribution in [2.45, 2.75) is 23.8 Å². The van der Waals surface area contributed by atoms with E-state index >= 15 is 0 Å². The quantitative estimate of drug-likeness (QED) is 0.809. The van der Waals surface area contributed by atoms with E-state index in [1.165, 1.54) is 21.5 Å². The Morgan fingerprint density at radius 2 is 2.31 bits per heavy atom. The number of benzene rings is 1. The summed E-state index contributed by atoms with van der Waals surface area (Å²) in [6.45, 7) is 0. The van der Waals surface area contributed by atoms with Gasteiger partial charge in [0.2, 0.25) is 0 Å². The van der Waals surface area contributed by atoms with E-state index in [-0.39, 0.29) is 0 Å². The molecule has 2 nitrogen and oxygen atoms in total. The van der Waals surface area contributed by atoms with Gasteiger partial charge in [-0.1, -0.05) is 18.2 Å². The number of nitriles is 1. The molecular weight excluding hydrogens is 216 g/mol. The minimum atomic E-state index is 0.414. The van der Waals surface area contributed by atoms with Crippen molar-refractivity contribution < 1.29 is 0 Å². The highest BCUT2D eigenvalue weighted by atomic mass is 32.2. The zero-order valence-electron chi connectivity index (χ0n) is 8.86. The Morgan fingerprint density at radius 3 is 3.19 bits per heavy atom. The van der Waals surface area contributed by atoms with Crippen molar-refractivity contribution in [1.29, 1.82) is 5.26 Å². The summed E-state index contributed by atoms with van der Waals surface area (Å²) in [5.74, 6) is 1.53. The van der Waals surface area contributed by atoms with Crippen LogP contribution in [0.2, 0.25) is 0 Å². The molecule has 1 aromatic carbocycles. The van der Waals surface area contributed by atoms with Crippen LogP contribution >= 0.6 is 11.8 Å². The highest BCUT2D eigenvalue weighted by molar-refractivity contribution is 7.99. The summed E-state index contributed by atoms with van der Waals surface area (Å²) in [6.07, 6.45) is 1.75. The van der Waals surface area contributed by atoms with E-state index in [2.05, 4.69) is 29.3 Å². The average molecular weight is 228 g/mol. The van der Waals surface area contributed by atoms with E-state index in [1.54, 1.807) is 0 Å². The van der Waals surface area contributed by atoms with Crippen LogP contribution in [0, 0.1) is 11.3 Å². The Kier molecular flexibility index (Phi) is 2.37. The molecule has 0 saturated carbocycles. The van der Waals surface area contributed by atoms with Gasteiger partial charge in [0.1, 0.15) is 0 Å². The molecule has 1 N–H and O–H groups in total. The second kappa shape index (κ2) is 3.88. The van der Waals surface area contributed by atoms with Gasteiger partial charge in [-0.3, -0.25) is 0 Å². The first-order chi connectivity index (χ1) is 7.90. The lowest BCUT2D eigenvalue weighted by atomic mass is 9.93. The van der Waals surface area contributed by atoms with Crippen molar-refractivity contribution in [3.05, 3.63) is 29.8 Å². The van der Waals surface area contributed by atoms with Gasteiger partial charge in [0, 0.05) is 29.0 Å². The molecule has 3 rings (SSSR count). The molecule has 0 aliphatic carbocycles. The molecule has 2 heterocycles. The van der Waals surface area contributed by atoms with Gasteiger partial charge in [0.05, 0.1) is 11.1 Å². The van der Waals surface area contributed by atoms with Gasteiger partial charge < -0.3 is 4.98 Å². The number of aromatic amines is 1. The molecule has 1 aromatic heterocycles. The van der Waals surface area contributed by atoms with Crippen LogP contribution in [0.5, 0.6) is 0 Å². The summed E-state index contributed by atoms with van der Waals surface area (Å²) < 4.78 is 0. The number of aromatic nitrogens is 1. The third kappa shape index (κ3) is 1.42. The number of para-hydroxylation sites is 1. The molecule has 0 spiro atoms. The molecule has 0 saturated heterocycles.